The Kier molecular flexibility index (Phi) is 7.12. The Balaban J connectivity index is 1.47. The van der Waals surface area contributed by atoms with Gasteiger partial charge in [-0.2, -0.15) is 5.10 Å². The third-order valence-corrected chi connectivity index (χ3v) is 5.83. The molecule has 0 spiro atoms. The average Bonchev–Trinajstić information content (AvgIpc) is 3.23. The summed E-state index contributed by atoms with van der Waals surface area (Å²) in [5.41, 5.74) is 4.00. The zero-order valence-electron chi connectivity index (χ0n) is 18.0. The minimum atomic E-state index is -0.0645. The molecule has 162 valence electrons. The van der Waals surface area contributed by atoms with E-state index in [1.54, 1.807) is 6.20 Å². The van der Waals surface area contributed by atoms with Crippen molar-refractivity contribution in [2.75, 3.05) is 32.8 Å². The predicted molar refractivity (Wildman–Crippen MR) is 121 cm³/mol. The third kappa shape index (κ3) is 5.21. The van der Waals surface area contributed by atoms with Gasteiger partial charge in [0.25, 0.3) is 5.91 Å². The summed E-state index contributed by atoms with van der Waals surface area (Å²) >= 11 is 0. The zero-order chi connectivity index (χ0) is 21.5. The molecule has 0 radical (unpaired) electrons. The van der Waals surface area contributed by atoms with Crippen LogP contribution in [0, 0.1) is 0 Å². The first-order valence-corrected chi connectivity index (χ1v) is 11.0. The molecule has 2 heterocycles. The highest BCUT2D eigenvalue weighted by atomic mass is 16.5. The van der Waals surface area contributed by atoms with Gasteiger partial charge in [0.15, 0.2) is 0 Å². The Hall–Kier alpha value is -2.96. The van der Waals surface area contributed by atoms with Crippen molar-refractivity contribution in [3.05, 3.63) is 89.2 Å². The Bertz CT molecular complexity index is 966. The van der Waals surface area contributed by atoms with Crippen molar-refractivity contribution < 1.29 is 9.53 Å². The van der Waals surface area contributed by atoms with E-state index in [0.29, 0.717) is 18.7 Å². The number of rotatable bonds is 8. The van der Waals surface area contributed by atoms with Crippen LogP contribution in [0.3, 0.4) is 0 Å². The van der Waals surface area contributed by atoms with Crippen LogP contribution in [0.2, 0.25) is 0 Å². The van der Waals surface area contributed by atoms with Crippen LogP contribution in [-0.4, -0.2) is 53.4 Å². The van der Waals surface area contributed by atoms with Crippen LogP contribution in [0.5, 0.6) is 0 Å². The van der Waals surface area contributed by atoms with Gasteiger partial charge in [-0.1, -0.05) is 67.6 Å². The van der Waals surface area contributed by atoms with Crippen molar-refractivity contribution in [3.63, 3.8) is 0 Å². The van der Waals surface area contributed by atoms with Gasteiger partial charge in [0.1, 0.15) is 0 Å². The standard InChI is InChI=1S/C25H30N4O2/c1-2-23-22(17-27-29(23)19-20-9-5-3-6-10-20)25(30)26-18-24(21-11-7-4-8-12-21)28-13-15-31-16-14-28/h3-12,17,24H,2,13-16,18-19H2,1H3,(H,26,30). The summed E-state index contributed by atoms with van der Waals surface area (Å²) in [5.74, 6) is -0.0645. The van der Waals surface area contributed by atoms with Crippen molar-refractivity contribution in [1.29, 1.82) is 0 Å². The van der Waals surface area contributed by atoms with Gasteiger partial charge < -0.3 is 10.1 Å². The second-order valence-corrected chi connectivity index (χ2v) is 7.79. The van der Waals surface area contributed by atoms with E-state index in [-0.39, 0.29) is 11.9 Å². The summed E-state index contributed by atoms with van der Waals surface area (Å²) in [5, 5.41) is 7.68. The smallest absolute Gasteiger partial charge is 0.254 e. The summed E-state index contributed by atoms with van der Waals surface area (Å²) in [6.07, 6.45) is 2.45. The van der Waals surface area contributed by atoms with Gasteiger partial charge in [-0.3, -0.25) is 14.4 Å². The first-order chi connectivity index (χ1) is 15.3. The number of nitrogens with one attached hydrogen (secondary N) is 1. The molecule has 1 aliphatic rings. The number of aromatic nitrogens is 2. The molecule has 0 saturated carbocycles. The predicted octanol–water partition coefficient (Wildman–Crippen LogP) is 3.30. The molecule has 6 heteroatoms. The van der Waals surface area contributed by atoms with Crippen LogP contribution in [0.25, 0.3) is 0 Å². The Labute approximate surface area is 183 Å². The van der Waals surface area contributed by atoms with Crippen molar-refractivity contribution in [2.24, 2.45) is 0 Å². The minimum Gasteiger partial charge on any atom is -0.379 e. The summed E-state index contributed by atoms with van der Waals surface area (Å²) < 4.78 is 7.45. The minimum absolute atomic E-state index is 0.0645. The number of benzene rings is 2. The lowest BCUT2D eigenvalue weighted by molar-refractivity contribution is 0.0162. The van der Waals surface area contributed by atoms with Crippen molar-refractivity contribution in [2.45, 2.75) is 25.9 Å². The van der Waals surface area contributed by atoms with E-state index >= 15 is 0 Å². The fourth-order valence-corrected chi connectivity index (χ4v) is 4.17. The Morgan fingerprint density at radius 1 is 1.06 bits per heavy atom. The molecule has 1 saturated heterocycles. The first kappa shape index (κ1) is 21.3. The van der Waals surface area contributed by atoms with E-state index in [4.69, 9.17) is 4.74 Å². The number of morpholine rings is 1. The Morgan fingerprint density at radius 3 is 2.42 bits per heavy atom. The molecule has 0 bridgehead atoms. The van der Waals surface area contributed by atoms with Gasteiger partial charge in [0.2, 0.25) is 0 Å². The highest BCUT2D eigenvalue weighted by Gasteiger charge is 2.24. The quantitative estimate of drug-likeness (QED) is 0.610. The SMILES string of the molecule is CCc1c(C(=O)NCC(c2ccccc2)N2CCOCC2)cnn1Cc1ccccc1. The van der Waals surface area contributed by atoms with Crippen LogP contribution < -0.4 is 5.32 Å². The van der Waals surface area contributed by atoms with E-state index in [1.807, 2.05) is 41.1 Å². The maximum Gasteiger partial charge on any atom is 0.254 e. The third-order valence-electron chi connectivity index (χ3n) is 5.83. The fourth-order valence-electron chi connectivity index (χ4n) is 4.17. The van der Waals surface area contributed by atoms with Gasteiger partial charge in [-0.15, -0.1) is 0 Å². The molecule has 31 heavy (non-hydrogen) atoms. The number of carbonyl (C=O) groups is 1. The number of hydrogen-bond donors (Lipinski definition) is 1. The van der Waals surface area contributed by atoms with Gasteiger partial charge in [-0.25, -0.2) is 0 Å². The van der Waals surface area contributed by atoms with Crippen LogP contribution in [0.1, 0.15) is 40.1 Å². The van der Waals surface area contributed by atoms with Crippen molar-refractivity contribution >= 4 is 5.91 Å². The van der Waals surface area contributed by atoms with Crippen LogP contribution in [0.15, 0.2) is 66.9 Å². The molecule has 1 unspecified atom stereocenters. The summed E-state index contributed by atoms with van der Waals surface area (Å²) in [6, 6.07) is 20.7. The summed E-state index contributed by atoms with van der Waals surface area (Å²) in [7, 11) is 0. The highest BCUT2D eigenvalue weighted by Crippen LogP contribution is 2.21. The van der Waals surface area contributed by atoms with E-state index in [0.717, 1.165) is 38.4 Å². The molecule has 1 aliphatic heterocycles. The maximum absolute atomic E-state index is 13.1. The number of hydrogen-bond acceptors (Lipinski definition) is 4. The second kappa shape index (κ2) is 10.4. The van der Waals surface area contributed by atoms with Crippen LogP contribution in [-0.2, 0) is 17.7 Å². The Morgan fingerprint density at radius 2 is 1.74 bits per heavy atom. The largest absolute Gasteiger partial charge is 0.379 e. The van der Waals surface area contributed by atoms with E-state index in [9.17, 15) is 4.79 Å². The summed E-state index contributed by atoms with van der Waals surface area (Å²) in [6.45, 7) is 6.46. The molecule has 6 nitrogen and oxygen atoms in total. The van der Waals surface area contributed by atoms with Gasteiger partial charge >= 0.3 is 0 Å². The first-order valence-electron chi connectivity index (χ1n) is 11.0. The lowest BCUT2D eigenvalue weighted by atomic mass is 10.0. The molecule has 2 aromatic carbocycles. The fraction of sp³-hybridized carbons (Fsp3) is 0.360. The van der Waals surface area contributed by atoms with Crippen LogP contribution >= 0.6 is 0 Å². The van der Waals surface area contributed by atoms with E-state index in [1.165, 1.54) is 11.1 Å². The molecule has 3 aromatic rings. The number of nitrogens with zero attached hydrogens (tertiary/aromatic N) is 3. The topological polar surface area (TPSA) is 59.4 Å². The molecular weight excluding hydrogens is 388 g/mol. The van der Waals surface area contributed by atoms with Gasteiger partial charge in [0, 0.05) is 19.6 Å². The number of carbonyl (C=O) groups excluding carboxylic acids is 1. The lowest BCUT2D eigenvalue weighted by Gasteiger charge is -2.35. The molecule has 4 rings (SSSR count). The average molecular weight is 419 g/mol. The molecular formula is C25H30N4O2. The van der Waals surface area contributed by atoms with Crippen molar-refractivity contribution in [1.82, 2.24) is 20.0 Å². The van der Waals surface area contributed by atoms with Gasteiger partial charge in [0.05, 0.1) is 43.3 Å². The molecule has 1 aromatic heterocycles. The van der Waals surface area contributed by atoms with Crippen LogP contribution in [0.4, 0.5) is 0 Å². The molecule has 1 atom stereocenters. The summed E-state index contributed by atoms with van der Waals surface area (Å²) in [4.78, 5) is 15.5. The molecule has 0 aliphatic carbocycles. The normalized spacial score (nSPS) is 15.5. The zero-order valence-corrected chi connectivity index (χ0v) is 18.0. The molecule has 1 N–H and O–H groups in total. The van der Waals surface area contributed by atoms with Crippen molar-refractivity contribution in [3.8, 4) is 0 Å². The monoisotopic (exact) mass is 418 g/mol. The second-order valence-electron chi connectivity index (χ2n) is 7.79. The van der Waals surface area contributed by atoms with E-state index < -0.39 is 0 Å². The molecule has 1 amide bonds. The highest BCUT2D eigenvalue weighted by molar-refractivity contribution is 5.95. The molecule has 1 fully saturated rings. The van der Waals surface area contributed by atoms with Gasteiger partial charge in [-0.05, 0) is 17.5 Å². The maximum atomic E-state index is 13.1. The lowest BCUT2D eigenvalue weighted by Crippen LogP contribution is -2.43. The number of ether oxygens (including phenoxy) is 1. The number of amides is 1. The van der Waals surface area contributed by atoms with E-state index in [2.05, 4.69) is 46.5 Å².